The molecule has 0 aromatic carbocycles. The summed E-state index contributed by atoms with van der Waals surface area (Å²) < 4.78 is 5.53. The summed E-state index contributed by atoms with van der Waals surface area (Å²) in [6.07, 6.45) is 3.95. The molecule has 3 aliphatic rings. The molecule has 0 bridgehead atoms. The van der Waals surface area contributed by atoms with Crippen molar-refractivity contribution < 1.29 is 4.74 Å². The molecule has 0 radical (unpaired) electrons. The Morgan fingerprint density at radius 2 is 1.50 bits per heavy atom. The molecular weight excluding hydrogens is 300 g/mol. The molecule has 0 N–H and O–H groups in total. The molecule has 5 heteroatoms. The molecule has 2 atom stereocenters. The van der Waals surface area contributed by atoms with Crippen molar-refractivity contribution in [3.63, 3.8) is 0 Å². The van der Waals surface area contributed by atoms with Crippen molar-refractivity contribution in [2.75, 3.05) is 73.1 Å². The lowest BCUT2D eigenvalue weighted by molar-refractivity contribution is -0.165. The topological polar surface area (TPSA) is 22.2 Å². The number of ether oxygens (including phenoxy) is 1. The first kappa shape index (κ1) is 18.6. The quantitative estimate of drug-likeness (QED) is 0.749. The molecule has 0 aromatic rings. The molecule has 0 aliphatic carbocycles. The van der Waals surface area contributed by atoms with Gasteiger partial charge in [0.25, 0.3) is 0 Å². The Morgan fingerprint density at radius 3 is 2.17 bits per heavy atom. The van der Waals surface area contributed by atoms with Gasteiger partial charge < -0.3 is 9.64 Å². The molecule has 0 saturated carbocycles. The second-order valence-corrected chi connectivity index (χ2v) is 8.58. The van der Waals surface area contributed by atoms with E-state index in [1.54, 1.807) is 0 Å². The van der Waals surface area contributed by atoms with E-state index in [9.17, 15) is 0 Å². The van der Waals surface area contributed by atoms with Crippen LogP contribution in [0, 0.1) is 0 Å². The van der Waals surface area contributed by atoms with Gasteiger partial charge >= 0.3 is 0 Å². The van der Waals surface area contributed by atoms with Crippen molar-refractivity contribution in [2.45, 2.75) is 50.7 Å². The monoisotopic (exact) mass is 338 g/mol. The molecule has 0 unspecified atom stereocenters. The third kappa shape index (κ3) is 4.13. The van der Waals surface area contributed by atoms with Crippen molar-refractivity contribution >= 4 is 0 Å². The molecule has 3 rings (SSSR count). The van der Waals surface area contributed by atoms with Gasteiger partial charge in [0.2, 0.25) is 0 Å². The Balaban J connectivity index is 1.44. The minimum Gasteiger partial charge on any atom is -0.377 e. The molecule has 0 aromatic heterocycles. The van der Waals surface area contributed by atoms with Gasteiger partial charge in [-0.2, -0.15) is 0 Å². The van der Waals surface area contributed by atoms with E-state index in [4.69, 9.17) is 4.74 Å². The highest BCUT2D eigenvalue weighted by Crippen LogP contribution is 2.29. The van der Waals surface area contributed by atoms with Crippen molar-refractivity contribution in [3.05, 3.63) is 0 Å². The molecule has 3 aliphatic heterocycles. The van der Waals surface area contributed by atoms with Gasteiger partial charge in [0.15, 0.2) is 0 Å². The van der Waals surface area contributed by atoms with Gasteiger partial charge in [-0.05, 0) is 60.3 Å². The Kier molecular flexibility index (Phi) is 6.20. The lowest BCUT2D eigenvalue weighted by Gasteiger charge is -2.55. The summed E-state index contributed by atoms with van der Waals surface area (Å²) in [4.78, 5) is 10.4. The van der Waals surface area contributed by atoms with Crippen LogP contribution in [0.3, 0.4) is 0 Å². The molecule has 3 saturated heterocycles. The van der Waals surface area contributed by atoms with Crippen LogP contribution in [0.2, 0.25) is 0 Å². The van der Waals surface area contributed by atoms with Gasteiger partial charge in [-0.15, -0.1) is 0 Å². The second kappa shape index (κ2) is 8.00. The maximum Gasteiger partial charge on any atom is 0.0805 e. The summed E-state index contributed by atoms with van der Waals surface area (Å²) in [5.74, 6) is 0. The fourth-order valence-electron chi connectivity index (χ4n) is 4.47. The number of likely N-dealkylation sites (N-methyl/N-ethyl adjacent to an activating group) is 2. The molecule has 0 amide bonds. The van der Waals surface area contributed by atoms with E-state index in [2.05, 4.69) is 47.5 Å². The van der Waals surface area contributed by atoms with Crippen molar-refractivity contribution in [1.82, 2.24) is 19.6 Å². The van der Waals surface area contributed by atoms with Gasteiger partial charge in [0, 0.05) is 44.8 Å². The standard InChI is InChI=1S/C19H38N4O/c1-17(22-9-5-8-20(3)10-12-22)6-7-18(2)23-13-11-21(4)19(14-23)15-24-16-19/h17-18H,5-16H2,1-4H3/t17-,18+/m0/s1. The van der Waals surface area contributed by atoms with Crippen LogP contribution in [-0.2, 0) is 4.74 Å². The number of hydrogen-bond donors (Lipinski definition) is 0. The summed E-state index contributed by atoms with van der Waals surface area (Å²) in [5.41, 5.74) is 0.313. The molecule has 3 fully saturated rings. The summed E-state index contributed by atoms with van der Waals surface area (Å²) >= 11 is 0. The number of hydrogen-bond acceptors (Lipinski definition) is 5. The summed E-state index contributed by atoms with van der Waals surface area (Å²) in [6.45, 7) is 15.3. The van der Waals surface area contributed by atoms with E-state index in [0.717, 1.165) is 13.2 Å². The van der Waals surface area contributed by atoms with Crippen molar-refractivity contribution in [2.24, 2.45) is 0 Å². The largest absolute Gasteiger partial charge is 0.377 e. The Morgan fingerprint density at radius 1 is 0.833 bits per heavy atom. The molecule has 1 spiro atoms. The van der Waals surface area contributed by atoms with Crippen LogP contribution in [0.25, 0.3) is 0 Å². The third-order valence-corrected chi connectivity index (χ3v) is 6.77. The maximum absolute atomic E-state index is 5.53. The van der Waals surface area contributed by atoms with Crippen molar-refractivity contribution in [3.8, 4) is 0 Å². The first-order valence-corrected chi connectivity index (χ1v) is 9.96. The van der Waals surface area contributed by atoms with E-state index in [1.165, 1.54) is 65.1 Å². The van der Waals surface area contributed by atoms with E-state index < -0.39 is 0 Å². The number of nitrogens with zero attached hydrogens (tertiary/aromatic N) is 4. The predicted octanol–water partition coefficient (Wildman–Crippen LogP) is 1.20. The SMILES string of the molecule is C[C@H](CC[C@H](C)N1CCCN(C)CC1)N1CCN(C)C2(COC2)C1. The lowest BCUT2D eigenvalue weighted by Crippen LogP contribution is -2.71. The highest BCUT2D eigenvalue weighted by atomic mass is 16.5. The second-order valence-electron chi connectivity index (χ2n) is 8.58. The fraction of sp³-hybridized carbons (Fsp3) is 1.00. The van der Waals surface area contributed by atoms with E-state index in [1.807, 2.05) is 0 Å². The highest BCUT2D eigenvalue weighted by Gasteiger charge is 2.46. The van der Waals surface area contributed by atoms with E-state index in [0.29, 0.717) is 17.6 Å². The minimum absolute atomic E-state index is 0.313. The van der Waals surface area contributed by atoms with Gasteiger partial charge in [-0.3, -0.25) is 14.7 Å². The fourth-order valence-corrected chi connectivity index (χ4v) is 4.47. The Hall–Kier alpha value is -0.200. The number of rotatable bonds is 5. The first-order valence-electron chi connectivity index (χ1n) is 9.96. The zero-order chi connectivity index (χ0) is 17.2. The van der Waals surface area contributed by atoms with Gasteiger partial charge in [-0.25, -0.2) is 0 Å². The summed E-state index contributed by atoms with van der Waals surface area (Å²) in [6, 6.07) is 1.40. The van der Waals surface area contributed by atoms with Gasteiger partial charge in [-0.1, -0.05) is 0 Å². The zero-order valence-electron chi connectivity index (χ0n) is 16.3. The minimum atomic E-state index is 0.313. The number of piperazine rings is 1. The Bertz CT molecular complexity index is 401. The van der Waals surface area contributed by atoms with Crippen molar-refractivity contribution in [1.29, 1.82) is 0 Å². The van der Waals surface area contributed by atoms with Crippen LogP contribution in [-0.4, -0.2) is 110 Å². The highest BCUT2D eigenvalue weighted by molar-refractivity contribution is 5.01. The van der Waals surface area contributed by atoms with Gasteiger partial charge in [0.1, 0.15) is 0 Å². The third-order valence-electron chi connectivity index (χ3n) is 6.77. The maximum atomic E-state index is 5.53. The van der Waals surface area contributed by atoms with Crippen LogP contribution in [0.5, 0.6) is 0 Å². The normalized spacial score (nSPS) is 30.0. The molecule has 3 heterocycles. The van der Waals surface area contributed by atoms with Gasteiger partial charge in [0.05, 0.1) is 18.8 Å². The zero-order valence-corrected chi connectivity index (χ0v) is 16.3. The smallest absolute Gasteiger partial charge is 0.0805 e. The van der Waals surface area contributed by atoms with Crippen LogP contribution >= 0.6 is 0 Å². The van der Waals surface area contributed by atoms with Crippen LogP contribution < -0.4 is 0 Å². The van der Waals surface area contributed by atoms with E-state index in [-0.39, 0.29) is 0 Å². The Labute approximate surface area is 148 Å². The van der Waals surface area contributed by atoms with Crippen LogP contribution in [0.1, 0.15) is 33.1 Å². The molecule has 5 nitrogen and oxygen atoms in total. The average molecular weight is 339 g/mol. The first-order chi connectivity index (χ1) is 11.5. The molecule has 140 valence electrons. The lowest BCUT2D eigenvalue weighted by atomic mass is 9.91. The summed E-state index contributed by atoms with van der Waals surface area (Å²) in [7, 11) is 4.52. The average Bonchev–Trinajstić information content (AvgIpc) is 2.76. The molecule has 24 heavy (non-hydrogen) atoms. The summed E-state index contributed by atoms with van der Waals surface area (Å²) in [5, 5.41) is 0. The predicted molar refractivity (Wildman–Crippen MR) is 99.6 cm³/mol. The molecular formula is C19H38N4O. The van der Waals surface area contributed by atoms with E-state index >= 15 is 0 Å². The van der Waals surface area contributed by atoms with Crippen LogP contribution in [0.4, 0.5) is 0 Å². The van der Waals surface area contributed by atoms with Crippen LogP contribution in [0.15, 0.2) is 0 Å².